The molecular weight excluding hydrogens is 418 g/mol. The number of hydrogen-bond acceptors (Lipinski definition) is 5. The molecule has 0 aliphatic rings. The maximum absolute atomic E-state index is 13.4. The highest BCUT2D eigenvalue weighted by Crippen LogP contribution is 2.32. The van der Waals surface area contributed by atoms with Gasteiger partial charge in [0.05, 0.1) is 28.9 Å². The molecule has 0 saturated heterocycles. The molecule has 0 atom stereocenters. The zero-order valence-electron chi connectivity index (χ0n) is 16.7. The maximum atomic E-state index is 13.4. The van der Waals surface area contributed by atoms with Crippen molar-refractivity contribution in [2.75, 3.05) is 23.3 Å². The highest BCUT2D eigenvalue weighted by molar-refractivity contribution is 7.92. The van der Waals surface area contributed by atoms with Crippen LogP contribution in [-0.2, 0) is 14.8 Å². The highest BCUT2D eigenvalue weighted by atomic mass is 32.2. The van der Waals surface area contributed by atoms with Crippen molar-refractivity contribution in [1.82, 2.24) is 0 Å². The molecule has 0 aromatic heterocycles. The zero-order valence-corrected chi connectivity index (χ0v) is 17.5. The Morgan fingerprint density at radius 1 is 0.935 bits per heavy atom. The van der Waals surface area contributed by atoms with Gasteiger partial charge in [0.25, 0.3) is 15.9 Å². The first-order chi connectivity index (χ1) is 14.8. The Morgan fingerprint density at radius 2 is 1.55 bits per heavy atom. The van der Waals surface area contributed by atoms with Crippen LogP contribution in [0.1, 0.15) is 10.4 Å². The molecule has 0 saturated carbocycles. The lowest BCUT2D eigenvalue weighted by Crippen LogP contribution is -2.38. The first-order valence-corrected chi connectivity index (χ1v) is 10.7. The van der Waals surface area contributed by atoms with Crippen LogP contribution in [-0.4, -0.2) is 33.9 Å². The van der Waals surface area contributed by atoms with Gasteiger partial charge in [0.1, 0.15) is 12.3 Å². The Labute approximate surface area is 180 Å². The maximum Gasteiger partial charge on any atom is 0.264 e. The van der Waals surface area contributed by atoms with E-state index in [1.165, 1.54) is 31.4 Å². The van der Waals surface area contributed by atoms with Crippen LogP contribution in [0.15, 0.2) is 83.8 Å². The molecule has 0 aliphatic carbocycles. The normalized spacial score (nSPS) is 10.9. The van der Waals surface area contributed by atoms with E-state index in [9.17, 15) is 18.0 Å². The number of nitrogens with one attached hydrogen (secondary N) is 1. The number of methoxy groups -OCH3 is 1. The number of sulfonamides is 1. The van der Waals surface area contributed by atoms with Gasteiger partial charge in [-0.1, -0.05) is 42.5 Å². The molecule has 160 valence electrons. The van der Waals surface area contributed by atoms with Crippen molar-refractivity contribution in [1.29, 1.82) is 0 Å². The van der Waals surface area contributed by atoms with E-state index in [4.69, 9.17) is 10.5 Å². The summed E-state index contributed by atoms with van der Waals surface area (Å²) in [5.74, 6) is -1.08. The van der Waals surface area contributed by atoms with E-state index in [1.807, 2.05) is 0 Å². The quantitative estimate of drug-likeness (QED) is 0.559. The van der Waals surface area contributed by atoms with Gasteiger partial charge in [0, 0.05) is 0 Å². The van der Waals surface area contributed by atoms with Crippen molar-refractivity contribution in [2.45, 2.75) is 4.90 Å². The number of para-hydroxylation sites is 3. The first kappa shape index (κ1) is 21.8. The molecule has 3 aromatic carbocycles. The fourth-order valence-electron chi connectivity index (χ4n) is 2.98. The van der Waals surface area contributed by atoms with Crippen LogP contribution in [0.2, 0.25) is 0 Å². The third kappa shape index (κ3) is 4.84. The Bertz CT molecular complexity index is 1200. The minimum Gasteiger partial charge on any atom is -0.495 e. The number of primary amides is 1. The highest BCUT2D eigenvalue weighted by Gasteiger charge is 2.29. The summed E-state index contributed by atoms with van der Waals surface area (Å²) in [6.07, 6.45) is 0. The number of nitrogens with two attached hydrogens (primary N) is 1. The second-order valence-corrected chi connectivity index (χ2v) is 8.32. The molecule has 2 amide bonds. The number of carbonyl (C=O) groups is 2. The minimum absolute atomic E-state index is 0.0197. The van der Waals surface area contributed by atoms with Crippen molar-refractivity contribution >= 4 is 33.2 Å². The summed E-state index contributed by atoms with van der Waals surface area (Å²) in [6, 6.07) is 20.5. The van der Waals surface area contributed by atoms with E-state index in [0.717, 1.165) is 4.31 Å². The van der Waals surface area contributed by atoms with Crippen molar-refractivity contribution < 1.29 is 22.7 Å². The number of benzene rings is 3. The molecule has 0 heterocycles. The van der Waals surface area contributed by atoms with E-state index in [-0.39, 0.29) is 27.6 Å². The number of hydrogen-bond donors (Lipinski definition) is 2. The third-order valence-corrected chi connectivity index (χ3v) is 6.21. The van der Waals surface area contributed by atoms with Crippen LogP contribution in [0.3, 0.4) is 0 Å². The average Bonchev–Trinajstić information content (AvgIpc) is 2.78. The summed E-state index contributed by atoms with van der Waals surface area (Å²) in [5.41, 5.74) is 5.86. The predicted octanol–water partition coefficient (Wildman–Crippen LogP) is 2.63. The number of anilines is 2. The fraction of sp³-hybridized carbons (Fsp3) is 0.0909. The molecule has 0 spiro atoms. The van der Waals surface area contributed by atoms with E-state index >= 15 is 0 Å². The van der Waals surface area contributed by atoms with Gasteiger partial charge in [-0.15, -0.1) is 0 Å². The topological polar surface area (TPSA) is 119 Å². The van der Waals surface area contributed by atoms with Crippen LogP contribution < -0.4 is 20.1 Å². The molecule has 3 aromatic rings. The fourth-order valence-corrected chi connectivity index (χ4v) is 4.43. The van der Waals surface area contributed by atoms with Crippen molar-refractivity contribution in [3.63, 3.8) is 0 Å². The molecule has 0 aliphatic heterocycles. The second kappa shape index (κ2) is 9.31. The SMILES string of the molecule is COc1ccccc1N(CC(=O)Nc1ccccc1C(N)=O)S(=O)(=O)c1ccccc1. The Balaban J connectivity index is 2.00. The lowest BCUT2D eigenvalue weighted by molar-refractivity contribution is -0.114. The second-order valence-electron chi connectivity index (χ2n) is 6.45. The number of amides is 2. The molecule has 9 heteroatoms. The minimum atomic E-state index is -4.10. The summed E-state index contributed by atoms with van der Waals surface area (Å²) in [5, 5.41) is 2.57. The lowest BCUT2D eigenvalue weighted by atomic mass is 10.1. The van der Waals surface area contributed by atoms with Crippen molar-refractivity contribution in [2.24, 2.45) is 5.73 Å². The largest absolute Gasteiger partial charge is 0.495 e. The van der Waals surface area contributed by atoms with Crippen LogP contribution >= 0.6 is 0 Å². The molecule has 0 radical (unpaired) electrons. The van der Waals surface area contributed by atoms with E-state index in [1.54, 1.807) is 54.6 Å². The molecule has 0 unspecified atom stereocenters. The molecule has 0 bridgehead atoms. The monoisotopic (exact) mass is 439 g/mol. The van der Waals surface area contributed by atoms with E-state index < -0.39 is 28.4 Å². The van der Waals surface area contributed by atoms with Crippen LogP contribution in [0, 0.1) is 0 Å². The lowest BCUT2D eigenvalue weighted by Gasteiger charge is -2.25. The van der Waals surface area contributed by atoms with Gasteiger partial charge in [-0.3, -0.25) is 13.9 Å². The van der Waals surface area contributed by atoms with Gasteiger partial charge in [0.2, 0.25) is 5.91 Å². The third-order valence-electron chi connectivity index (χ3n) is 4.44. The average molecular weight is 439 g/mol. The molecule has 31 heavy (non-hydrogen) atoms. The van der Waals surface area contributed by atoms with E-state index in [2.05, 4.69) is 5.32 Å². The predicted molar refractivity (Wildman–Crippen MR) is 118 cm³/mol. The number of nitrogens with zero attached hydrogens (tertiary/aromatic N) is 1. The van der Waals surface area contributed by atoms with Crippen LogP contribution in [0.25, 0.3) is 0 Å². The summed E-state index contributed by atoms with van der Waals surface area (Å²) in [7, 11) is -2.69. The molecular formula is C22H21N3O5S. The van der Waals surface area contributed by atoms with Gasteiger partial charge < -0.3 is 15.8 Å². The Hall–Kier alpha value is -3.85. The van der Waals surface area contributed by atoms with Gasteiger partial charge in [-0.25, -0.2) is 8.42 Å². The van der Waals surface area contributed by atoms with Crippen LogP contribution in [0.4, 0.5) is 11.4 Å². The Morgan fingerprint density at radius 3 is 2.23 bits per heavy atom. The zero-order chi connectivity index (χ0) is 22.4. The summed E-state index contributed by atoms with van der Waals surface area (Å²) >= 11 is 0. The van der Waals surface area contributed by atoms with Gasteiger partial charge in [0.15, 0.2) is 0 Å². The van der Waals surface area contributed by atoms with Gasteiger partial charge >= 0.3 is 0 Å². The summed E-state index contributed by atoms with van der Waals surface area (Å²) in [6.45, 7) is -0.551. The number of rotatable bonds is 8. The molecule has 8 nitrogen and oxygen atoms in total. The van der Waals surface area contributed by atoms with Gasteiger partial charge in [-0.05, 0) is 36.4 Å². The van der Waals surface area contributed by atoms with E-state index in [0.29, 0.717) is 0 Å². The van der Waals surface area contributed by atoms with Crippen molar-refractivity contribution in [3.8, 4) is 5.75 Å². The molecule has 3 N–H and O–H groups in total. The van der Waals surface area contributed by atoms with Crippen LogP contribution in [0.5, 0.6) is 5.75 Å². The molecule has 0 fully saturated rings. The summed E-state index contributed by atoms with van der Waals surface area (Å²) < 4.78 is 33.0. The number of carbonyl (C=O) groups excluding carboxylic acids is 2. The standard InChI is InChI=1S/C22H21N3O5S/c1-30-20-14-8-7-13-19(20)25(31(28,29)16-9-3-2-4-10-16)15-21(26)24-18-12-6-5-11-17(18)22(23)27/h2-14H,15H2,1H3,(H2,23,27)(H,24,26). The molecule has 3 rings (SSSR count). The summed E-state index contributed by atoms with van der Waals surface area (Å²) in [4.78, 5) is 24.5. The first-order valence-electron chi connectivity index (χ1n) is 9.24. The Kier molecular flexibility index (Phi) is 6.56. The van der Waals surface area contributed by atoms with Gasteiger partial charge in [-0.2, -0.15) is 0 Å². The smallest absolute Gasteiger partial charge is 0.264 e. The number of ether oxygens (including phenoxy) is 1. The van der Waals surface area contributed by atoms with Crippen molar-refractivity contribution in [3.05, 3.63) is 84.4 Å².